The van der Waals surface area contributed by atoms with Gasteiger partial charge in [-0.2, -0.15) is 0 Å². The van der Waals surface area contributed by atoms with Crippen LogP contribution in [0.15, 0.2) is 42.5 Å². The third kappa shape index (κ3) is 2.90. The molecule has 0 saturated heterocycles. The van der Waals surface area contributed by atoms with Crippen molar-refractivity contribution < 1.29 is 15.0 Å². The average Bonchev–Trinajstić information content (AvgIpc) is 2.48. The summed E-state index contributed by atoms with van der Waals surface area (Å²) in [5.74, 6) is -0.576. The lowest BCUT2D eigenvalue weighted by Crippen LogP contribution is -2.31. The Hall–Kier alpha value is -2.33. The highest BCUT2D eigenvalue weighted by Crippen LogP contribution is 2.24. The maximum absolute atomic E-state index is 11.2. The van der Waals surface area contributed by atoms with Crippen molar-refractivity contribution in [1.29, 1.82) is 0 Å². The van der Waals surface area contributed by atoms with Gasteiger partial charge in [0.25, 0.3) is 0 Å². The first-order chi connectivity index (χ1) is 10.1. The summed E-state index contributed by atoms with van der Waals surface area (Å²) >= 11 is 0. The third-order valence-corrected chi connectivity index (χ3v) is 3.92. The number of phenolic OH excluding ortho intramolecular Hbond substituents is 1. The highest BCUT2D eigenvalue weighted by Gasteiger charge is 2.21. The molecule has 0 radical (unpaired) electrons. The first-order valence-electron chi connectivity index (χ1n) is 6.98. The smallest absolute Gasteiger partial charge is 0.335 e. The topological polar surface area (TPSA) is 60.8 Å². The number of aromatic carboxylic acids is 1. The molecule has 0 spiro atoms. The van der Waals surface area contributed by atoms with Crippen LogP contribution in [0, 0.1) is 0 Å². The summed E-state index contributed by atoms with van der Waals surface area (Å²) in [5.41, 5.74) is 3.63. The molecule has 0 aromatic heterocycles. The van der Waals surface area contributed by atoms with E-state index in [2.05, 4.69) is 4.90 Å². The van der Waals surface area contributed by atoms with Crippen LogP contribution in [-0.2, 0) is 19.5 Å². The van der Waals surface area contributed by atoms with E-state index in [0.717, 1.165) is 42.7 Å². The quantitative estimate of drug-likeness (QED) is 0.909. The van der Waals surface area contributed by atoms with Gasteiger partial charge < -0.3 is 10.2 Å². The van der Waals surface area contributed by atoms with Gasteiger partial charge in [0.1, 0.15) is 5.75 Å². The minimum atomic E-state index is -0.848. The van der Waals surface area contributed by atoms with Gasteiger partial charge in [-0.15, -0.1) is 0 Å². The fourth-order valence-electron chi connectivity index (χ4n) is 2.86. The van der Waals surface area contributed by atoms with Crippen molar-refractivity contribution in [2.24, 2.45) is 0 Å². The Morgan fingerprint density at radius 2 is 1.90 bits per heavy atom. The van der Waals surface area contributed by atoms with E-state index in [4.69, 9.17) is 0 Å². The highest BCUT2D eigenvalue weighted by molar-refractivity contribution is 5.89. The van der Waals surface area contributed by atoms with E-state index in [1.807, 2.05) is 24.3 Å². The van der Waals surface area contributed by atoms with Crippen molar-refractivity contribution in [1.82, 2.24) is 4.90 Å². The molecule has 0 fully saturated rings. The molecule has 2 aromatic rings. The van der Waals surface area contributed by atoms with Gasteiger partial charge in [0.05, 0.1) is 5.56 Å². The van der Waals surface area contributed by atoms with Crippen LogP contribution in [0.2, 0.25) is 0 Å². The molecular formula is C17H17NO3. The zero-order valence-corrected chi connectivity index (χ0v) is 11.6. The van der Waals surface area contributed by atoms with Gasteiger partial charge in [0.15, 0.2) is 0 Å². The molecule has 2 aromatic carbocycles. The second-order valence-electron chi connectivity index (χ2n) is 5.38. The largest absolute Gasteiger partial charge is 0.508 e. The minimum absolute atomic E-state index is 0.272. The molecule has 3 rings (SSSR count). The lowest BCUT2D eigenvalue weighted by molar-refractivity contribution is 0.0694. The highest BCUT2D eigenvalue weighted by atomic mass is 16.4. The predicted octanol–water partition coefficient (Wildman–Crippen LogP) is 2.65. The minimum Gasteiger partial charge on any atom is -0.508 e. The van der Waals surface area contributed by atoms with Gasteiger partial charge in [-0.25, -0.2) is 4.79 Å². The maximum Gasteiger partial charge on any atom is 0.335 e. The monoisotopic (exact) mass is 283 g/mol. The van der Waals surface area contributed by atoms with E-state index >= 15 is 0 Å². The molecular weight excluding hydrogens is 266 g/mol. The van der Waals surface area contributed by atoms with Gasteiger partial charge >= 0.3 is 5.97 Å². The number of nitrogens with zero attached hydrogens (tertiary/aromatic N) is 1. The summed E-state index contributed by atoms with van der Waals surface area (Å²) < 4.78 is 0. The molecule has 0 saturated carbocycles. The van der Waals surface area contributed by atoms with Crippen molar-refractivity contribution in [3.63, 3.8) is 0 Å². The lowest BCUT2D eigenvalue weighted by atomic mass is 9.94. The Balaban J connectivity index is 1.77. The first kappa shape index (κ1) is 13.6. The average molecular weight is 283 g/mol. The van der Waals surface area contributed by atoms with E-state index in [1.54, 1.807) is 18.2 Å². The van der Waals surface area contributed by atoms with E-state index in [9.17, 15) is 15.0 Å². The molecule has 1 aliphatic rings. The Labute approximate surface area is 123 Å². The van der Waals surface area contributed by atoms with Crippen LogP contribution >= 0.6 is 0 Å². The molecule has 0 atom stereocenters. The van der Waals surface area contributed by atoms with Crippen LogP contribution in [0.5, 0.6) is 5.75 Å². The summed E-state index contributed by atoms with van der Waals surface area (Å²) in [5, 5.41) is 18.5. The molecule has 1 heterocycles. The van der Waals surface area contributed by atoms with Crippen molar-refractivity contribution >= 4 is 5.97 Å². The molecule has 0 bridgehead atoms. The summed E-state index contributed by atoms with van der Waals surface area (Å²) in [7, 11) is 0. The first-order valence-corrected chi connectivity index (χ1v) is 6.98. The van der Waals surface area contributed by atoms with Gasteiger partial charge in [-0.1, -0.05) is 24.3 Å². The number of benzene rings is 2. The second kappa shape index (κ2) is 5.58. The molecule has 21 heavy (non-hydrogen) atoms. The number of carbonyl (C=O) groups is 1. The fraction of sp³-hybridized carbons (Fsp3) is 0.235. The molecule has 4 nitrogen and oxygen atoms in total. The number of aromatic hydroxyl groups is 1. The fourth-order valence-corrected chi connectivity index (χ4v) is 2.86. The number of fused-ring (bicyclic) bond motifs is 1. The van der Waals surface area contributed by atoms with Crippen molar-refractivity contribution in [3.8, 4) is 5.75 Å². The van der Waals surface area contributed by atoms with Crippen molar-refractivity contribution in [2.75, 3.05) is 6.54 Å². The molecule has 2 N–H and O–H groups in total. The zero-order valence-electron chi connectivity index (χ0n) is 11.6. The molecule has 0 aliphatic carbocycles. The molecule has 1 aliphatic heterocycles. The Morgan fingerprint density at radius 1 is 1.14 bits per heavy atom. The number of carboxylic acid groups (broad SMARTS) is 1. The van der Waals surface area contributed by atoms with Gasteiger partial charge in [0, 0.05) is 19.6 Å². The summed E-state index contributed by atoms with van der Waals surface area (Å²) in [6, 6.07) is 12.7. The Kier molecular flexibility index (Phi) is 3.62. The lowest BCUT2D eigenvalue weighted by Gasteiger charge is -2.29. The number of hydrogen-bond acceptors (Lipinski definition) is 3. The Morgan fingerprint density at radius 3 is 2.62 bits per heavy atom. The normalized spacial score (nSPS) is 14.7. The molecule has 0 amide bonds. The number of rotatable bonds is 3. The number of hydrogen-bond donors (Lipinski definition) is 2. The van der Waals surface area contributed by atoms with Crippen LogP contribution in [0.25, 0.3) is 0 Å². The Bertz CT molecular complexity index is 664. The summed E-state index contributed by atoms with van der Waals surface area (Å²) in [6.45, 7) is 2.41. The molecule has 0 unspecified atom stereocenters. The number of phenols is 1. The zero-order chi connectivity index (χ0) is 14.8. The van der Waals surface area contributed by atoms with Gasteiger partial charge in [-0.3, -0.25) is 4.90 Å². The summed E-state index contributed by atoms with van der Waals surface area (Å²) in [6.07, 6.45) is 0.760. The second-order valence-corrected chi connectivity index (χ2v) is 5.38. The summed E-state index contributed by atoms with van der Waals surface area (Å²) in [4.78, 5) is 13.5. The standard InChI is InChI=1S/C17H17NO3/c19-14-6-4-12(5-7-14)10-18-9-8-15-13(11-18)2-1-3-16(15)17(20)21/h1-7,19H,8-11H2,(H,20,21). The molecule has 4 heteroatoms. The van der Waals surface area contributed by atoms with E-state index in [1.165, 1.54) is 0 Å². The molecule has 108 valence electrons. The maximum atomic E-state index is 11.2. The number of carboxylic acids is 1. The van der Waals surface area contributed by atoms with Crippen molar-refractivity contribution in [2.45, 2.75) is 19.5 Å². The van der Waals surface area contributed by atoms with Crippen LogP contribution in [0.3, 0.4) is 0 Å². The van der Waals surface area contributed by atoms with Crippen LogP contribution in [0.4, 0.5) is 0 Å². The van der Waals surface area contributed by atoms with Gasteiger partial charge in [-0.05, 0) is 41.3 Å². The van der Waals surface area contributed by atoms with E-state index < -0.39 is 5.97 Å². The SMILES string of the molecule is O=C(O)c1cccc2c1CCN(Cc1ccc(O)cc1)C2. The van der Waals surface area contributed by atoms with Gasteiger partial charge in [0.2, 0.25) is 0 Å². The predicted molar refractivity (Wildman–Crippen MR) is 79.3 cm³/mol. The van der Waals surface area contributed by atoms with E-state index in [-0.39, 0.29) is 5.75 Å². The van der Waals surface area contributed by atoms with Crippen LogP contribution in [-0.4, -0.2) is 27.6 Å². The van der Waals surface area contributed by atoms with Crippen LogP contribution < -0.4 is 0 Å². The van der Waals surface area contributed by atoms with Crippen LogP contribution in [0.1, 0.15) is 27.0 Å². The van der Waals surface area contributed by atoms with E-state index in [0.29, 0.717) is 5.56 Å². The third-order valence-electron chi connectivity index (χ3n) is 3.92. The van der Waals surface area contributed by atoms with Crippen molar-refractivity contribution in [3.05, 3.63) is 64.7 Å².